The summed E-state index contributed by atoms with van der Waals surface area (Å²) in [6, 6.07) is 94.1. The van der Waals surface area contributed by atoms with E-state index in [0.717, 1.165) is 105 Å². The van der Waals surface area contributed by atoms with Crippen molar-refractivity contribution in [1.29, 1.82) is 0 Å². The van der Waals surface area contributed by atoms with Crippen molar-refractivity contribution in [2.75, 3.05) is 0 Å². The molecule has 0 aliphatic rings. The van der Waals surface area contributed by atoms with E-state index in [-0.39, 0.29) is 0 Å². The minimum absolute atomic E-state index is 0.552. The smallest absolute Gasteiger partial charge is 0.164 e. The number of furan rings is 1. The van der Waals surface area contributed by atoms with E-state index >= 15 is 0 Å². The molecular formula is C69H44N4O. The number of hydrogen-bond donors (Lipinski definition) is 0. The molecule has 11 aromatic carbocycles. The number of nitrogens with zero attached hydrogens (tertiary/aromatic N) is 4. The van der Waals surface area contributed by atoms with Gasteiger partial charge in [-0.1, -0.05) is 182 Å². The molecule has 5 nitrogen and oxygen atoms in total. The van der Waals surface area contributed by atoms with Gasteiger partial charge in [0.2, 0.25) is 0 Å². The average molecular weight is 945 g/mol. The average Bonchev–Trinajstić information content (AvgIpc) is 4.05. The Kier molecular flexibility index (Phi) is 10.4. The van der Waals surface area contributed by atoms with Crippen LogP contribution in [-0.2, 0) is 0 Å². The van der Waals surface area contributed by atoms with Crippen LogP contribution in [0.15, 0.2) is 271 Å². The van der Waals surface area contributed by atoms with E-state index in [0.29, 0.717) is 17.5 Å². The molecule has 0 atom stereocenters. The van der Waals surface area contributed by atoms with Crippen LogP contribution in [0.3, 0.4) is 0 Å². The summed E-state index contributed by atoms with van der Waals surface area (Å²) in [6.45, 7) is 0. The van der Waals surface area contributed by atoms with Gasteiger partial charge >= 0.3 is 0 Å². The highest BCUT2D eigenvalue weighted by molar-refractivity contribution is 6.14. The van der Waals surface area contributed by atoms with Gasteiger partial charge in [-0.25, -0.2) is 15.0 Å². The fourth-order valence-electron chi connectivity index (χ4n) is 10.7. The molecule has 346 valence electrons. The molecule has 3 aromatic heterocycles. The molecule has 74 heavy (non-hydrogen) atoms. The molecule has 0 unspecified atom stereocenters. The van der Waals surface area contributed by atoms with Crippen LogP contribution in [0.1, 0.15) is 0 Å². The molecule has 0 N–H and O–H groups in total. The Morgan fingerprint density at radius 3 is 1.23 bits per heavy atom. The van der Waals surface area contributed by atoms with Gasteiger partial charge in [-0.3, -0.25) is 0 Å². The highest BCUT2D eigenvalue weighted by atomic mass is 16.3. The number of rotatable bonds is 9. The van der Waals surface area contributed by atoms with Gasteiger partial charge in [0.05, 0.1) is 11.0 Å². The lowest BCUT2D eigenvalue weighted by molar-refractivity contribution is 0.669. The van der Waals surface area contributed by atoms with Crippen molar-refractivity contribution < 1.29 is 4.42 Å². The first-order valence-electron chi connectivity index (χ1n) is 25.0. The van der Waals surface area contributed by atoms with Crippen LogP contribution in [0.25, 0.3) is 139 Å². The Hall–Kier alpha value is -9.97. The largest absolute Gasteiger partial charge is 0.456 e. The normalized spacial score (nSPS) is 11.5. The van der Waals surface area contributed by atoms with E-state index in [1.54, 1.807) is 0 Å². The minimum atomic E-state index is 0.552. The summed E-state index contributed by atoms with van der Waals surface area (Å²) in [5.74, 6) is 1.69. The van der Waals surface area contributed by atoms with Crippen LogP contribution in [0, 0.1) is 0 Å². The maximum Gasteiger partial charge on any atom is 0.164 e. The zero-order valence-corrected chi connectivity index (χ0v) is 40.1. The predicted molar refractivity (Wildman–Crippen MR) is 305 cm³/mol. The van der Waals surface area contributed by atoms with Crippen molar-refractivity contribution >= 4 is 43.7 Å². The highest BCUT2D eigenvalue weighted by Crippen LogP contribution is 2.42. The maximum atomic E-state index is 6.70. The zero-order chi connectivity index (χ0) is 49.0. The lowest BCUT2D eigenvalue weighted by atomic mass is 9.95. The molecule has 3 heterocycles. The second kappa shape index (κ2) is 18.0. The molecule has 14 aromatic rings. The Balaban J connectivity index is 0.987. The summed E-state index contributed by atoms with van der Waals surface area (Å²) in [4.78, 5) is 16.4. The lowest BCUT2D eigenvalue weighted by Gasteiger charge is -2.14. The summed E-state index contributed by atoms with van der Waals surface area (Å²) in [5.41, 5.74) is 18.6. The molecule has 0 saturated heterocycles. The van der Waals surface area contributed by atoms with Crippen LogP contribution >= 0.6 is 0 Å². The van der Waals surface area contributed by atoms with Crippen molar-refractivity contribution in [3.63, 3.8) is 0 Å². The fourth-order valence-corrected chi connectivity index (χ4v) is 10.7. The third kappa shape index (κ3) is 7.72. The molecule has 0 spiro atoms. The first kappa shape index (κ1) is 42.9. The van der Waals surface area contributed by atoms with Gasteiger partial charge in [0.15, 0.2) is 17.5 Å². The quantitative estimate of drug-likeness (QED) is 0.145. The molecule has 0 aliphatic heterocycles. The minimum Gasteiger partial charge on any atom is -0.456 e. The van der Waals surface area contributed by atoms with Crippen molar-refractivity contribution in [1.82, 2.24) is 19.5 Å². The first-order valence-corrected chi connectivity index (χ1v) is 25.0. The van der Waals surface area contributed by atoms with E-state index in [1.165, 1.54) is 16.3 Å². The SMILES string of the molecule is c1ccc(-c2cc(-c3ccccc3)cc(-c3nc(-c4cc(-c5ccccc5)cc(-c5ccccc5)c4)nc(-c4cccc5oc6ccc(-c7ccc8c(c7)c7ccccc7n8-c7ccccc7)cc6c45)n3)c2)cc1. The molecule has 0 amide bonds. The summed E-state index contributed by atoms with van der Waals surface area (Å²) in [7, 11) is 0. The number of fused-ring (bicyclic) bond motifs is 6. The monoisotopic (exact) mass is 944 g/mol. The van der Waals surface area contributed by atoms with E-state index in [1.807, 2.05) is 12.1 Å². The van der Waals surface area contributed by atoms with E-state index < -0.39 is 0 Å². The fraction of sp³-hybridized carbons (Fsp3) is 0. The Bertz CT molecular complexity index is 4130. The van der Waals surface area contributed by atoms with Gasteiger partial charge in [0, 0.05) is 43.9 Å². The van der Waals surface area contributed by atoms with Crippen LogP contribution in [0.4, 0.5) is 0 Å². The maximum absolute atomic E-state index is 6.70. The second-order valence-electron chi connectivity index (χ2n) is 18.8. The summed E-state index contributed by atoms with van der Waals surface area (Å²) in [5, 5.41) is 4.34. The molecular weight excluding hydrogens is 901 g/mol. The van der Waals surface area contributed by atoms with Crippen molar-refractivity contribution in [2.24, 2.45) is 0 Å². The van der Waals surface area contributed by atoms with Crippen LogP contribution in [-0.4, -0.2) is 19.5 Å². The summed E-state index contributed by atoms with van der Waals surface area (Å²) < 4.78 is 9.05. The summed E-state index contributed by atoms with van der Waals surface area (Å²) in [6.07, 6.45) is 0. The van der Waals surface area contributed by atoms with Gasteiger partial charge in [0.25, 0.3) is 0 Å². The molecule has 14 rings (SSSR count). The zero-order valence-electron chi connectivity index (χ0n) is 40.1. The van der Waals surface area contributed by atoms with Gasteiger partial charge in [0.1, 0.15) is 11.2 Å². The second-order valence-corrected chi connectivity index (χ2v) is 18.8. The predicted octanol–water partition coefficient (Wildman–Crippen LogP) is 18.2. The third-order valence-electron chi connectivity index (χ3n) is 14.2. The number of hydrogen-bond acceptors (Lipinski definition) is 4. The topological polar surface area (TPSA) is 56.7 Å². The van der Waals surface area contributed by atoms with Gasteiger partial charge in [-0.05, 0) is 141 Å². The Labute approximate surface area is 428 Å². The first-order chi connectivity index (χ1) is 36.6. The van der Waals surface area contributed by atoms with Crippen molar-refractivity contribution in [2.45, 2.75) is 0 Å². The number of para-hydroxylation sites is 2. The third-order valence-corrected chi connectivity index (χ3v) is 14.2. The Morgan fingerprint density at radius 1 is 0.257 bits per heavy atom. The van der Waals surface area contributed by atoms with Gasteiger partial charge in [-0.15, -0.1) is 0 Å². The van der Waals surface area contributed by atoms with Crippen LogP contribution in [0.2, 0.25) is 0 Å². The Morgan fingerprint density at radius 2 is 0.689 bits per heavy atom. The van der Waals surface area contributed by atoms with E-state index in [9.17, 15) is 0 Å². The highest BCUT2D eigenvalue weighted by Gasteiger charge is 2.21. The number of benzene rings is 11. The van der Waals surface area contributed by atoms with Crippen molar-refractivity contribution in [3.05, 3.63) is 267 Å². The lowest BCUT2D eigenvalue weighted by Crippen LogP contribution is -2.01. The molecule has 0 radical (unpaired) electrons. The molecule has 0 bridgehead atoms. The van der Waals surface area contributed by atoms with E-state index in [4.69, 9.17) is 19.4 Å². The molecule has 0 saturated carbocycles. The summed E-state index contributed by atoms with van der Waals surface area (Å²) >= 11 is 0. The standard InChI is InChI=1S/C69H44N4O/c1-6-19-45(20-7-1)51-37-52(46-21-8-2-9-22-46)40-55(39-51)67-70-68(56-41-53(47-23-10-3-11-24-47)38-54(42-56)48-25-12-4-13-26-48)72-69(71-67)59-30-18-32-65-66(59)61-44-50(34-36-64(61)74-65)49-33-35-63-60(43-49)58-29-16-17-31-62(58)73(63)57-27-14-5-15-28-57/h1-44H. The van der Waals surface area contributed by atoms with Crippen LogP contribution < -0.4 is 0 Å². The van der Waals surface area contributed by atoms with Crippen LogP contribution in [0.5, 0.6) is 0 Å². The van der Waals surface area contributed by atoms with E-state index in [2.05, 4.69) is 259 Å². The van der Waals surface area contributed by atoms with Crippen molar-refractivity contribution in [3.8, 4) is 95.5 Å². The molecule has 0 aliphatic carbocycles. The number of aromatic nitrogens is 4. The molecule has 0 fully saturated rings. The molecule has 5 heteroatoms. The van der Waals surface area contributed by atoms with Gasteiger partial charge < -0.3 is 8.98 Å². The van der Waals surface area contributed by atoms with Gasteiger partial charge in [-0.2, -0.15) is 0 Å².